The summed E-state index contributed by atoms with van der Waals surface area (Å²) in [5.41, 5.74) is 3.53. The average Bonchev–Trinajstić information content (AvgIpc) is 2.34. The second-order valence-electron chi connectivity index (χ2n) is 3.58. The highest BCUT2D eigenvalue weighted by atomic mass is 16.6. The zero-order valence-corrected chi connectivity index (χ0v) is 10.7. The van der Waals surface area contributed by atoms with E-state index in [2.05, 4.69) is 10.3 Å². The third-order valence-electron chi connectivity index (χ3n) is 2.18. The van der Waals surface area contributed by atoms with Gasteiger partial charge in [-0.25, -0.2) is 0 Å². The normalized spacial score (nSPS) is 12.5. The molecular formula is C13H18N2O2. The zero-order chi connectivity index (χ0) is 12.7. The minimum absolute atomic E-state index is 0.533. The first kappa shape index (κ1) is 13.2. The molecule has 1 aromatic carbocycles. The summed E-state index contributed by atoms with van der Waals surface area (Å²) in [4.78, 5) is 9.86. The molecule has 0 atom stereocenters. The smallest absolute Gasteiger partial charge is 0.134 e. The van der Waals surface area contributed by atoms with Gasteiger partial charge in [0, 0.05) is 5.56 Å². The van der Waals surface area contributed by atoms with Crippen LogP contribution in [-0.4, -0.2) is 25.1 Å². The molecule has 1 rings (SSSR count). The maximum Gasteiger partial charge on any atom is 0.134 e. The highest BCUT2D eigenvalue weighted by molar-refractivity contribution is 6.47. The minimum Gasteiger partial charge on any atom is -0.399 e. The first-order valence-corrected chi connectivity index (χ1v) is 5.54. The van der Waals surface area contributed by atoms with Crippen LogP contribution in [0.25, 0.3) is 0 Å². The molecule has 0 aliphatic carbocycles. The predicted octanol–water partition coefficient (Wildman–Crippen LogP) is 2.76. The Morgan fingerprint density at radius 3 is 2.35 bits per heavy atom. The molecule has 17 heavy (non-hydrogen) atoms. The van der Waals surface area contributed by atoms with Crippen molar-refractivity contribution in [2.45, 2.75) is 20.8 Å². The van der Waals surface area contributed by atoms with E-state index in [9.17, 15) is 0 Å². The van der Waals surface area contributed by atoms with Gasteiger partial charge in [-0.3, -0.25) is 0 Å². The van der Waals surface area contributed by atoms with Gasteiger partial charge in [0.15, 0.2) is 0 Å². The zero-order valence-electron chi connectivity index (χ0n) is 10.7. The van der Waals surface area contributed by atoms with Crippen LogP contribution in [0.2, 0.25) is 0 Å². The lowest BCUT2D eigenvalue weighted by Crippen LogP contribution is -2.13. The van der Waals surface area contributed by atoms with Gasteiger partial charge in [0.2, 0.25) is 0 Å². The third-order valence-corrected chi connectivity index (χ3v) is 2.18. The highest BCUT2D eigenvalue weighted by Crippen LogP contribution is 2.07. The molecule has 4 nitrogen and oxygen atoms in total. The van der Waals surface area contributed by atoms with Gasteiger partial charge in [0.05, 0.1) is 0 Å². The van der Waals surface area contributed by atoms with E-state index >= 15 is 0 Å². The highest BCUT2D eigenvalue weighted by Gasteiger charge is 2.09. The molecule has 92 valence electrons. The van der Waals surface area contributed by atoms with Crippen molar-refractivity contribution in [2.24, 2.45) is 10.3 Å². The Labute approximate surface area is 102 Å². The van der Waals surface area contributed by atoms with Crippen molar-refractivity contribution in [2.75, 3.05) is 13.7 Å². The molecule has 0 amide bonds. The SMILES string of the molecule is CCON=C(C)C(=NOC)c1ccc(C)cc1. The standard InChI is InChI=1S/C13H18N2O2/c1-5-17-14-11(3)13(15-16-4)12-8-6-10(2)7-9-12/h6-9H,5H2,1-4H3. The van der Waals surface area contributed by atoms with Crippen molar-refractivity contribution in [1.82, 2.24) is 0 Å². The molecule has 0 aliphatic rings. The Bertz CT molecular complexity index is 408. The van der Waals surface area contributed by atoms with E-state index in [1.165, 1.54) is 12.7 Å². The number of benzene rings is 1. The first-order valence-electron chi connectivity index (χ1n) is 5.54. The van der Waals surface area contributed by atoms with Crippen molar-refractivity contribution in [3.8, 4) is 0 Å². The van der Waals surface area contributed by atoms with Gasteiger partial charge in [-0.05, 0) is 20.8 Å². The fourth-order valence-corrected chi connectivity index (χ4v) is 1.33. The van der Waals surface area contributed by atoms with Crippen LogP contribution in [0.4, 0.5) is 0 Å². The quantitative estimate of drug-likeness (QED) is 0.580. The van der Waals surface area contributed by atoms with Crippen molar-refractivity contribution >= 4 is 11.4 Å². The topological polar surface area (TPSA) is 43.2 Å². The van der Waals surface area contributed by atoms with Crippen LogP contribution in [0.15, 0.2) is 34.6 Å². The summed E-state index contributed by atoms with van der Waals surface area (Å²) < 4.78 is 0. The van der Waals surface area contributed by atoms with E-state index in [1.54, 1.807) is 0 Å². The molecule has 0 unspecified atom stereocenters. The molecule has 0 N–H and O–H groups in total. The molecule has 0 radical (unpaired) electrons. The predicted molar refractivity (Wildman–Crippen MR) is 69.5 cm³/mol. The second kappa shape index (κ2) is 6.68. The molecule has 0 bridgehead atoms. The van der Waals surface area contributed by atoms with Crippen LogP contribution >= 0.6 is 0 Å². The molecule has 1 aromatic rings. The maximum atomic E-state index is 5.02. The van der Waals surface area contributed by atoms with E-state index in [-0.39, 0.29) is 0 Å². The number of hydrogen-bond donors (Lipinski definition) is 0. The molecule has 4 heteroatoms. The van der Waals surface area contributed by atoms with Crippen molar-refractivity contribution < 1.29 is 9.68 Å². The van der Waals surface area contributed by atoms with Gasteiger partial charge in [0.1, 0.15) is 25.1 Å². The lowest BCUT2D eigenvalue weighted by molar-refractivity contribution is 0.159. The summed E-state index contributed by atoms with van der Waals surface area (Å²) in [7, 11) is 1.52. The van der Waals surface area contributed by atoms with Crippen molar-refractivity contribution in [3.05, 3.63) is 35.4 Å². The molecule has 0 fully saturated rings. The lowest BCUT2D eigenvalue weighted by Gasteiger charge is -2.05. The summed E-state index contributed by atoms with van der Waals surface area (Å²) in [6.07, 6.45) is 0. The lowest BCUT2D eigenvalue weighted by atomic mass is 10.1. The molecule has 0 aliphatic heterocycles. The first-order chi connectivity index (χ1) is 8.19. The average molecular weight is 234 g/mol. The van der Waals surface area contributed by atoms with Crippen molar-refractivity contribution in [1.29, 1.82) is 0 Å². The molecule has 0 aromatic heterocycles. The number of aryl methyl sites for hydroxylation is 1. The fourth-order valence-electron chi connectivity index (χ4n) is 1.33. The van der Waals surface area contributed by atoms with Gasteiger partial charge in [0.25, 0.3) is 0 Å². The summed E-state index contributed by atoms with van der Waals surface area (Å²) in [6, 6.07) is 8.01. The third kappa shape index (κ3) is 3.90. The molecule has 0 saturated heterocycles. The summed E-state index contributed by atoms with van der Waals surface area (Å²) in [6.45, 7) is 6.30. The maximum absolute atomic E-state index is 5.02. The monoisotopic (exact) mass is 234 g/mol. The Balaban J connectivity index is 3.01. The Kier molecular flexibility index (Phi) is 5.20. The molecular weight excluding hydrogens is 216 g/mol. The number of nitrogens with zero attached hydrogens (tertiary/aromatic N) is 2. The van der Waals surface area contributed by atoms with Crippen LogP contribution in [-0.2, 0) is 9.68 Å². The Morgan fingerprint density at radius 1 is 1.18 bits per heavy atom. The van der Waals surface area contributed by atoms with Crippen LogP contribution < -0.4 is 0 Å². The molecule has 0 heterocycles. The van der Waals surface area contributed by atoms with Gasteiger partial charge < -0.3 is 9.68 Å². The van der Waals surface area contributed by atoms with Crippen LogP contribution in [0.5, 0.6) is 0 Å². The van der Waals surface area contributed by atoms with E-state index in [0.29, 0.717) is 18.0 Å². The second-order valence-corrected chi connectivity index (χ2v) is 3.58. The summed E-state index contributed by atoms with van der Waals surface area (Å²) >= 11 is 0. The Morgan fingerprint density at radius 2 is 1.82 bits per heavy atom. The van der Waals surface area contributed by atoms with Gasteiger partial charge in [-0.1, -0.05) is 40.1 Å². The van der Waals surface area contributed by atoms with E-state index < -0.39 is 0 Å². The van der Waals surface area contributed by atoms with Gasteiger partial charge in [-0.15, -0.1) is 0 Å². The van der Waals surface area contributed by atoms with E-state index in [1.807, 2.05) is 45.0 Å². The summed E-state index contributed by atoms with van der Waals surface area (Å²) in [5.74, 6) is 0. The minimum atomic E-state index is 0.533. The number of rotatable bonds is 5. The van der Waals surface area contributed by atoms with Crippen molar-refractivity contribution in [3.63, 3.8) is 0 Å². The van der Waals surface area contributed by atoms with E-state index in [0.717, 1.165) is 5.56 Å². The van der Waals surface area contributed by atoms with Gasteiger partial charge in [-0.2, -0.15) is 0 Å². The summed E-state index contributed by atoms with van der Waals surface area (Å²) in [5, 5.41) is 7.95. The van der Waals surface area contributed by atoms with E-state index in [4.69, 9.17) is 9.68 Å². The molecule has 0 saturated carbocycles. The fraction of sp³-hybridized carbons (Fsp3) is 0.385. The molecule has 0 spiro atoms. The van der Waals surface area contributed by atoms with Crippen LogP contribution in [0.1, 0.15) is 25.0 Å². The van der Waals surface area contributed by atoms with Gasteiger partial charge >= 0.3 is 0 Å². The van der Waals surface area contributed by atoms with Crippen LogP contribution in [0.3, 0.4) is 0 Å². The largest absolute Gasteiger partial charge is 0.399 e. The Hall–Kier alpha value is -1.84. The number of hydrogen-bond acceptors (Lipinski definition) is 4. The number of oxime groups is 2. The van der Waals surface area contributed by atoms with Crippen LogP contribution in [0, 0.1) is 6.92 Å².